The molecule has 0 saturated carbocycles. The van der Waals surface area contributed by atoms with Gasteiger partial charge in [0.05, 0.1) is 6.42 Å². The van der Waals surface area contributed by atoms with Crippen LogP contribution < -0.4 is 10.9 Å². The molecule has 0 aliphatic carbocycles. The summed E-state index contributed by atoms with van der Waals surface area (Å²) >= 11 is 0. The van der Waals surface area contributed by atoms with E-state index in [-0.39, 0.29) is 5.91 Å². The maximum absolute atomic E-state index is 10.1. The van der Waals surface area contributed by atoms with E-state index in [1.807, 2.05) is 0 Å². The zero-order chi connectivity index (χ0) is 4.41. The highest BCUT2D eigenvalue weighted by atomic mass is 16.2. The van der Waals surface area contributed by atoms with E-state index in [1.54, 1.807) is 5.43 Å². The molecule has 0 bridgehead atoms. The molecule has 0 unspecified atom stereocenters. The van der Waals surface area contributed by atoms with Crippen LogP contribution in [0, 0.1) is 0 Å². The molecule has 1 saturated heterocycles. The van der Waals surface area contributed by atoms with E-state index in [9.17, 15) is 4.79 Å². The van der Waals surface area contributed by atoms with E-state index in [1.165, 1.54) is 0 Å². The van der Waals surface area contributed by atoms with Gasteiger partial charge in [0.2, 0.25) is 0 Å². The van der Waals surface area contributed by atoms with Crippen LogP contribution in [0.4, 0.5) is 0 Å². The number of quaternary nitrogens is 1. The average molecular weight is 87.1 g/mol. The first-order valence-electron chi connectivity index (χ1n) is 2.00. The first kappa shape index (κ1) is 3.61. The van der Waals surface area contributed by atoms with Gasteiger partial charge in [0.15, 0.2) is 0 Å². The summed E-state index contributed by atoms with van der Waals surface area (Å²) in [4.78, 5) is 10.1. The molecule has 1 aliphatic rings. The van der Waals surface area contributed by atoms with Crippen LogP contribution in [0.1, 0.15) is 6.42 Å². The minimum Gasteiger partial charge on any atom is -0.270 e. The first-order valence-corrected chi connectivity index (χ1v) is 2.00. The normalized spacial score (nSPS) is 21.0. The van der Waals surface area contributed by atoms with Crippen molar-refractivity contribution >= 4 is 5.91 Å². The summed E-state index contributed by atoms with van der Waals surface area (Å²) in [5, 5.41) is 0. The third-order valence-corrected chi connectivity index (χ3v) is 0.779. The topological polar surface area (TPSA) is 45.7 Å². The first-order chi connectivity index (χ1) is 2.89. The summed E-state index contributed by atoms with van der Waals surface area (Å²) in [6.07, 6.45) is 0.681. The Labute approximate surface area is 35.7 Å². The Kier molecular flexibility index (Phi) is 0.759. The molecule has 1 fully saturated rings. The number of carbonyl (C=O) groups is 1. The number of nitrogens with one attached hydrogen (secondary N) is 1. The predicted molar refractivity (Wildman–Crippen MR) is 19.6 cm³/mol. The van der Waals surface area contributed by atoms with Crippen molar-refractivity contribution in [3.05, 3.63) is 0 Å². The smallest absolute Gasteiger partial charge is 0.270 e. The minimum atomic E-state index is 0.148. The van der Waals surface area contributed by atoms with E-state index in [4.69, 9.17) is 0 Å². The lowest BCUT2D eigenvalue weighted by Gasteiger charge is -1.78. The van der Waals surface area contributed by atoms with Gasteiger partial charge in [0, 0.05) is 0 Å². The standard InChI is InChI=1S/C3H6N2O/c6-3-1-2-4-5-3/h4H,1-2H2,(H,5,6)/p+1. The number of amides is 1. The van der Waals surface area contributed by atoms with Crippen molar-refractivity contribution in [3.8, 4) is 0 Å². The largest absolute Gasteiger partial charge is 0.270 e. The number of rotatable bonds is 0. The van der Waals surface area contributed by atoms with Crippen molar-refractivity contribution in [2.45, 2.75) is 6.42 Å². The zero-order valence-corrected chi connectivity index (χ0v) is 3.40. The molecule has 1 aliphatic heterocycles. The van der Waals surface area contributed by atoms with Gasteiger partial charge in [-0.15, -0.1) is 0 Å². The van der Waals surface area contributed by atoms with Crippen molar-refractivity contribution in [1.82, 2.24) is 5.43 Å². The second-order valence-electron chi connectivity index (χ2n) is 1.31. The molecule has 3 N–H and O–H groups in total. The van der Waals surface area contributed by atoms with Crippen molar-refractivity contribution in [1.29, 1.82) is 0 Å². The molecule has 0 aromatic heterocycles. The highest BCUT2D eigenvalue weighted by Crippen LogP contribution is 1.71. The predicted octanol–water partition coefficient (Wildman–Crippen LogP) is -2.02. The molecule has 0 aromatic carbocycles. The van der Waals surface area contributed by atoms with E-state index < -0.39 is 0 Å². The fourth-order valence-electron chi connectivity index (χ4n) is 0.461. The summed E-state index contributed by atoms with van der Waals surface area (Å²) in [6, 6.07) is 0. The molecule has 1 heterocycles. The molecule has 0 spiro atoms. The van der Waals surface area contributed by atoms with E-state index in [0.717, 1.165) is 6.54 Å². The molecule has 0 aromatic rings. The van der Waals surface area contributed by atoms with Crippen LogP contribution >= 0.6 is 0 Å². The maximum atomic E-state index is 10.1. The SMILES string of the molecule is O=C1CC[NH2+]N1. The van der Waals surface area contributed by atoms with Gasteiger partial charge in [-0.25, -0.2) is 10.9 Å². The second kappa shape index (κ2) is 1.26. The molecular formula is C3H7N2O+. The number of carbonyl (C=O) groups excluding carboxylic acids is 1. The zero-order valence-electron chi connectivity index (χ0n) is 3.40. The molecule has 6 heavy (non-hydrogen) atoms. The van der Waals surface area contributed by atoms with E-state index in [0.29, 0.717) is 6.42 Å². The molecular weight excluding hydrogens is 80.0 g/mol. The molecule has 34 valence electrons. The third kappa shape index (κ3) is 0.490. The van der Waals surface area contributed by atoms with Gasteiger partial charge < -0.3 is 0 Å². The molecule has 3 nitrogen and oxygen atoms in total. The van der Waals surface area contributed by atoms with Crippen LogP contribution in [0.2, 0.25) is 0 Å². The lowest BCUT2D eigenvalue weighted by molar-refractivity contribution is -0.684. The van der Waals surface area contributed by atoms with Crippen LogP contribution in [-0.2, 0) is 4.79 Å². The summed E-state index contributed by atoms with van der Waals surface area (Å²) in [5.41, 5.74) is 4.34. The summed E-state index contributed by atoms with van der Waals surface area (Å²) in [6.45, 7) is 0.902. The molecule has 3 heteroatoms. The Morgan fingerprint density at radius 1 is 1.83 bits per heavy atom. The van der Waals surface area contributed by atoms with Gasteiger partial charge in [0.25, 0.3) is 5.91 Å². The molecule has 1 amide bonds. The van der Waals surface area contributed by atoms with E-state index >= 15 is 0 Å². The van der Waals surface area contributed by atoms with Crippen LogP contribution in [0.25, 0.3) is 0 Å². The van der Waals surface area contributed by atoms with Crippen molar-refractivity contribution in [3.63, 3.8) is 0 Å². The highest BCUT2D eigenvalue weighted by Gasteiger charge is 2.09. The van der Waals surface area contributed by atoms with Crippen molar-refractivity contribution in [2.24, 2.45) is 0 Å². The Morgan fingerprint density at radius 2 is 2.67 bits per heavy atom. The maximum Gasteiger partial charge on any atom is 0.270 e. The van der Waals surface area contributed by atoms with Crippen LogP contribution in [-0.4, -0.2) is 12.5 Å². The summed E-state index contributed by atoms with van der Waals surface area (Å²) < 4.78 is 0. The van der Waals surface area contributed by atoms with Gasteiger partial charge in [-0.05, 0) is 0 Å². The Bertz CT molecular complexity index is 63.2. The highest BCUT2D eigenvalue weighted by molar-refractivity contribution is 5.75. The summed E-state index contributed by atoms with van der Waals surface area (Å²) in [5.74, 6) is 0.148. The number of hydrogen-bond donors (Lipinski definition) is 2. The van der Waals surface area contributed by atoms with Crippen LogP contribution in [0.5, 0.6) is 0 Å². The lowest BCUT2D eigenvalue weighted by Crippen LogP contribution is -2.89. The van der Waals surface area contributed by atoms with Crippen LogP contribution in [0.15, 0.2) is 0 Å². The number of hydrogen-bond acceptors (Lipinski definition) is 1. The second-order valence-corrected chi connectivity index (χ2v) is 1.31. The van der Waals surface area contributed by atoms with Gasteiger partial charge in [-0.3, -0.25) is 4.79 Å². The fourth-order valence-corrected chi connectivity index (χ4v) is 0.461. The van der Waals surface area contributed by atoms with Crippen molar-refractivity contribution in [2.75, 3.05) is 6.54 Å². The third-order valence-electron chi connectivity index (χ3n) is 0.779. The van der Waals surface area contributed by atoms with Gasteiger partial charge in [0.1, 0.15) is 6.54 Å². The minimum absolute atomic E-state index is 0.148. The van der Waals surface area contributed by atoms with Gasteiger partial charge in [-0.1, -0.05) is 0 Å². The van der Waals surface area contributed by atoms with Gasteiger partial charge in [-0.2, -0.15) is 0 Å². The van der Waals surface area contributed by atoms with Gasteiger partial charge >= 0.3 is 0 Å². The van der Waals surface area contributed by atoms with Crippen LogP contribution in [0.3, 0.4) is 0 Å². The molecule has 0 radical (unpaired) electrons. The fraction of sp³-hybridized carbons (Fsp3) is 0.667. The average Bonchev–Trinajstić information content (AvgIpc) is 1.86. The van der Waals surface area contributed by atoms with Crippen molar-refractivity contribution < 1.29 is 10.2 Å². The quantitative estimate of drug-likeness (QED) is 0.260. The lowest BCUT2D eigenvalue weighted by atomic mass is 10.5. The molecule has 1 rings (SSSR count). The Morgan fingerprint density at radius 3 is 2.83 bits per heavy atom. The van der Waals surface area contributed by atoms with E-state index in [2.05, 4.69) is 5.43 Å². The monoisotopic (exact) mass is 87.1 g/mol. The summed E-state index contributed by atoms with van der Waals surface area (Å²) in [7, 11) is 0. The Balaban J connectivity index is 2.37. The Hall–Kier alpha value is -0.570. The molecule has 0 atom stereocenters. The number of nitrogens with two attached hydrogens (primary N) is 1.